The zero-order valence-corrected chi connectivity index (χ0v) is 88.1. The molecule has 706 valence electrons. The molecule has 0 aliphatic heterocycles. The highest BCUT2D eigenvalue weighted by Gasteiger charge is 2.45. The fourth-order valence-electron chi connectivity index (χ4n) is 10.4. The Morgan fingerprint density at radius 1 is 0.224 bits per heavy atom. The van der Waals surface area contributed by atoms with Crippen LogP contribution in [0.15, 0.2) is 0 Å². The van der Waals surface area contributed by atoms with Crippen molar-refractivity contribution in [1.82, 2.24) is 0 Å². The summed E-state index contributed by atoms with van der Waals surface area (Å²) in [5.41, 5.74) is -2.73. The molecule has 2 N–H and O–H groups in total. The molecular formula is C98H206O18. The molecule has 9 atom stereocenters. The molecule has 0 radical (unpaired) electrons. The number of hydrogen-bond donors (Lipinski definition) is 2. The maximum absolute atomic E-state index is 10.0. The van der Waals surface area contributed by atoms with Crippen LogP contribution in [-0.4, -0.2) is 180 Å². The minimum absolute atomic E-state index is 0.0171. The van der Waals surface area contributed by atoms with E-state index in [2.05, 4.69) is 208 Å². The summed E-state index contributed by atoms with van der Waals surface area (Å²) in [6, 6.07) is 0. The monoisotopic (exact) mass is 1670 g/mol. The highest BCUT2D eigenvalue weighted by atomic mass is 16.8. The van der Waals surface area contributed by atoms with Crippen molar-refractivity contribution in [2.45, 2.75) is 550 Å². The van der Waals surface area contributed by atoms with Gasteiger partial charge in [-0.25, -0.2) is 0 Å². The van der Waals surface area contributed by atoms with Crippen molar-refractivity contribution < 1.29 is 86.0 Å². The predicted molar refractivity (Wildman–Crippen MR) is 489 cm³/mol. The molecule has 18 heteroatoms. The molecule has 0 aliphatic carbocycles. The third-order valence-corrected chi connectivity index (χ3v) is 14.9. The second kappa shape index (κ2) is 48.3. The number of aliphatic hydroxyl groups excluding tert-OH is 2. The van der Waals surface area contributed by atoms with E-state index in [-0.39, 0.29) is 150 Å². The van der Waals surface area contributed by atoms with E-state index in [0.29, 0.717) is 32.8 Å². The van der Waals surface area contributed by atoms with Crippen molar-refractivity contribution in [3.63, 3.8) is 0 Å². The SMILES string of the molecule is CC(C)(C)CC(CO)OC(COC(C)(C)C)OC(C)(C)C.CC(C)(C)CC(COC(C)(C)C)OC(COC(C)(C)C)(COC(C)(C)C)OC(C)(C)C.CC(C)(C)CC(COC(C)(C)C)OC(COC(C)(C)C)OC(C)(C)C.CC(C)(C)CC(O)OC(OC(C)(C)C)C(C)(C)C.CC(C)(C)CC(OC(OC(C)(C)C)C(C)(C)C)C(C)(C)C. The van der Waals surface area contributed by atoms with Gasteiger partial charge in [0.2, 0.25) is 5.79 Å². The minimum atomic E-state index is -1.06. The quantitative estimate of drug-likeness (QED) is 0.0590. The van der Waals surface area contributed by atoms with Gasteiger partial charge in [0.05, 0.1) is 119 Å². The van der Waals surface area contributed by atoms with Crippen LogP contribution in [0, 0.1) is 43.3 Å². The Balaban J connectivity index is -0.000000448. The first kappa shape index (κ1) is 124. The summed E-state index contributed by atoms with van der Waals surface area (Å²) in [5, 5.41) is 19.6. The van der Waals surface area contributed by atoms with Crippen LogP contribution in [0.1, 0.15) is 427 Å². The van der Waals surface area contributed by atoms with Crippen molar-refractivity contribution in [2.24, 2.45) is 43.3 Å². The average Bonchev–Trinajstić information content (AvgIpc) is 0.813. The molecule has 116 heavy (non-hydrogen) atoms. The van der Waals surface area contributed by atoms with Crippen LogP contribution < -0.4 is 0 Å². The van der Waals surface area contributed by atoms with Gasteiger partial charge in [-0.2, -0.15) is 0 Å². The van der Waals surface area contributed by atoms with Crippen molar-refractivity contribution in [3.05, 3.63) is 0 Å². The Bertz CT molecular complexity index is 2410. The first-order chi connectivity index (χ1) is 50.1. The lowest BCUT2D eigenvalue weighted by Gasteiger charge is -2.44. The second-order valence-electron chi connectivity index (χ2n) is 52.6. The standard InChI is InChI=1S/C26H54O5.C21H44O4.C19H40O2.C17H36O4.C15H32O3/c1-21(2,3)16-20(17-27-22(4,5)6)30-26(31-25(13,14)15,18-28-23(7,8)9)19-29-24(10,11)12;1-18(2,3)13-16(14-22-19(4,5)6)24-17(25-21(10,11)12)15-23-20(7,8)9;1-16(2,3)13-14(17(4,5)6)20-15(18(7,8)9)21-19(10,11)12;1-15(2,3)10-13(11-18)20-14(21-17(7,8)9)12-19-16(4,5)6;1-13(2,3)10-11(16)17-12(14(4,5)6)18-15(7,8)9/h20H,16-19H2,1-15H3;16-17H,13-15H2,1-12H3;14-15H,13H2,1-12H3;13-14,18H,10-12H2,1-9H3;11-12,16H,10H2,1-9H3. The molecular weight excluding hydrogens is 1470 g/mol. The molecule has 0 aromatic heterocycles. The molecule has 0 aromatic rings. The van der Waals surface area contributed by atoms with Crippen LogP contribution in [0.25, 0.3) is 0 Å². The van der Waals surface area contributed by atoms with E-state index in [1.807, 2.05) is 187 Å². The van der Waals surface area contributed by atoms with Gasteiger partial charge in [-0.3, -0.25) is 0 Å². The summed E-state index contributed by atoms with van der Waals surface area (Å²) in [7, 11) is 0. The van der Waals surface area contributed by atoms with Crippen molar-refractivity contribution in [3.8, 4) is 0 Å². The Morgan fingerprint density at radius 3 is 0.733 bits per heavy atom. The Hall–Kier alpha value is -0.720. The lowest BCUT2D eigenvalue weighted by atomic mass is 9.78. The van der Waals surface area contributed by atoms with Gasteiger partial charge in [0.1, 0.15) is 13.2 Å². The van der Waals surface area contributed by atoms with E-state index in [0.717, 1.165) is 25.7 Å². The normalized spacial score (nSPS) is 16.9. The first-order valence-corrected chi connectivity index (χ1v) is 43.9. The van der Waals surface area contributed by atoms with Crippen LogP contribution in [0.2, 0.25) is 0 Å². The fraction of sp³-hybridized carbons (Fsp3) is 1.00. The average molecular weight is 1670 g/mol. The summed E-state index contributed by atoms with van der Waals surface area (Å²) in [6.07, 6.45) is 1.47. The molecule has 0 heterocycles. The van der Waals surface area contributed by atoms with Gasteiger partial charge in [0, 0.05) is 17.3 Å². The lowest BCUT2D eigenvalue weighted by Crippen LogP contribution is -2.55. The molecule has 18 nitrogen and oxygen atoms in total. The number of ether oxygens (including phenoxy) is 16. The van der Waals surface area contributed by atoms with E-state index >= 15 is 0 Å². The minimum Gasteiger partial charge on any atom is -0.394 e. The third-order valence-electron chi connectivity index (χ3n) is 14.9. The van der Waals surface area contributed by atoms with E-state index in [1.165, 1.54) is 0 Å². The maximum Gasteiger partial charge on any atom is 0.216 e. The predicted octanol–water partition coefficient (Wildman–Crippen LogP) is 26.1. The molecule has 0 aromatic carbocycles. The zero-order valence-electron chi connectivity index (χ0n) is 88.1. The zero-order chi connectivity index (χ0) is 94.0. The number of aliphatic hydroxyl groups is 2. The lowest BCUT2D eigenvalue weighted by molar-refractivity contribution is -0.347. The third kappa shape index (κ3) is 85.4. The Morgan fingerprint density at radius 2 is 0.483 bits per heavy atom. The Kier molecular flexibility index (Phi) is 51.5. The summed E-state index contributed by atoms with van der Waals surface area (Å²) in [5.74, 6) is -1.06. The van der Waals surface area contributed by atoms with Gasteiger partial charge < -0.3 is 86.0 Å². The van der Waals surface area contributed by atoms with E-state index in [9.17, 15) is 10.2 Å². The molecule has 0 bridgehead atoms. The summed E-state index contributed by atoms with van der Waals surface area (Å²) in [4.78, 5) is 0. The van der Waals surface area contributed by atoms with Crippen molar-refractivity contribution in [2.75, 3.05) is 46.2 Å². The van der Waals surface area contributed by atoms with Gasteiger partial charge in [0.15, 0.2) is 31.5 Å². The van der Waals surface area contributed by atoms with Crippen molar-refractivity contribution in [1.29, 1.82) is 0 Å². The Labute approximate surface area is 722 Å². The van der Waals surface area contributed by atoms with Crippen LogP contribution in [0.3, 0.4) is 0 Å². The van der Waals surface area contributed by atoms with E-state index in [1.54, 1.807) is 0 Å². The van der Waals surface area contributed by atoms with E-state index < -0.39 is 36.5 Å². The molecule has 0 saturated carbocycles. The topological polar surface area (TPSA) is 188 Å². The van der Waals surface area contributed by atoms with Gasteiger partial charge in [0.25, 0.3) is 0 Å². The molecule has 0 aliphatic rings. The van der Waals surface area contributed by atoms with E-state index in [4.69, 9.17) is 75.8 Å². The van der Waals surface area contributed by atoms with Crippen LogP contribution >= 0.6 is 0 Å². The van der Waals surface area contributed by atoms with Crippen molar-refractivity contribution >= 4 is 0 Å². The van der Waals surface area contributed by atoms with Crippen LogP contribution in [-0.2, 0) is 75.8 Å². The molecule has 0 saturated heterocycles. The fourth-order valence-corrected chi connectivity index (χ4v) is 10.4. The van der Waals surface area contributed by atoms with Crippen LogP contribution in [0.5, 0.6) is 0 Å². The molecule has 0 amide bonds. The summed E-state index contributed by atoms with van der Waals surface area (Å²) in [6.45, 7) is 122. The van der Waals surface area contributed by atoms with Gasteiger partial charge in [-0.1, -0.05) is 166 Å². The summed E-state index contributed by atoms with van der Waals surface area (Å²) < 4.78 is 98.2. The second-order valence-corrected chi connectivity index (χ2v) is 52.6. The number of rotatable bonds is 33. The van der Waals surface area contributed by atoms with Gasteiger partial charge >= 0.3 is 0 Å². The molecule has 0 fully saturated rings. The number of hydrogen-bond acceptors (Lipinski definition) is 18. The highest BCUT2D eigenvalue weighted by Crippen LogP contribution is 2.40. The highest BCUT2D eigenvalue weighted by molar-refractivity contribution is 4.86. The van der Waals surface area contributed by atoms with Gasteiger partial charge in [-0.05, 0) is 287 Å². The maximum atomic E-state index is 10.0. The smallest absolute Gasteiger partial charge is 0.216 e. The molecule has 0 rings (SSSR count). The largest absolute Gasteiger partial charge is 0.394 e. The molecule has 0 spiro atoms. The van der Waals surface area contributed by atoms with Gasteiger partial charge in [-0.15, -0.1) is 0 Å². The van der Waals surface area contributed by atoms with Crippen LogP contribution in [0.4, 0.5) is 0 Å². The molecule has 9 unspecified atom stereocenters. The first-order valence-electron chi connectivity index (χ1n) is 43.9. The summed E-state index contributed by atoms with van der Waals surface area (Å²) >= 11 is 0.